The van der Waals surface area contributed by atoms with E-state index >= 15 is 0 Å². The maximum absolute atomic E-state index is 11.0. The summed E-state index contributed by atoms with van der Waals surface area (Å²) in [7, 11) is 0. The molecule has 6 nitrogen and oxygen atoms in total. The van der Waals surface area contributed by atoms with Crippen molar-refractivity contribution in [3.63, 3.8) is 0 Å². The van der Waals surface area contributed by atoms with Crippen LogP contribution in [-0.4, -0.2) is 30.8 Å². The predicted molar refractivity (Wildman–Crippen MR) is 80.9 cm³/mol. The van der Waals surface area contributed by atoms with Gasteiger partial charge >= 0.3 is 5.69 Å². The van der Waals surface area contributed by atoms with Crippen molar-refractivity contribution in [2.75, 3.05) is 25.1 Å². The lowest BCUT2D eigenvalue weighted by Crippen LogP contribution is -2.10. The second-order valence-corrected chi connectivity index (χ2v) is 5.55. The number of anilines is 1. The van der Waals surface area contributed by atoms with E-state index in [0.717, 1.165) is 38.3 Å². The highest BCUT2D eigenvalue weighted by Gasteiger charge is 2.18. The van der Waals surface area contributed by atoms with Crippen LogP contribution < -0.4 is 10.1 Å². The molecule has 1 saturated heterocycles. The Bertz CT molecular complexity index is 485. The first-order valence-corrected chi connectivity index (χ1v) is 7.33. The average molecular weight is 294 g/mol. The van der Waals surface area contributed by atoms with Crippen molar-refractivity contribution in [3.05, 3.63) is 28.3 Å². The fourth-order valence-electron chi connectivity index (χ4n) is 2.35. The summed E-state index contributed by atoms with van der Waals surface area (Å²) in [6.45, 7) is 6.22. The molecule has 0 bridgehead atoms. The third-order valence-electron chi connectivity index (χ3n) is 3.42. The van der Waals surface area contributed by atoms with Crippen LogP contribution in [0.4, 0.5) is 11.4 Å². The Hall–Kier alpha value is -1.82. The number of nitro groups is 1. The molecule has 1 unspecified atom stereocenters. The molecule has 0 amide bonds. The fraction of sp³-hybridized carbons (Fsp3) is 0.600. The third kappa shape index (κ3) is 4.60. The van der Waals surface area contributed by atoms with Crippen LogP contribution in [0.1, 0.15) is 26.7 Å². The molecule has 1 aromatic rings. The van der Waals surface area contributed by atoms with E-state index < -0.39 is 4.92 Å². The molecule has 21 heavy (non-hydrogen) atoms. The standard InChI is InChI=1S/C15H22N2O4/c1-11(2)21-15-9-13(3-4-14(15)17(18)19)16-7-5-12-6-8-20-10-12/h3-4,9,11-12,16H,5-8,10H2,1-2H3. The maximum Gasteiger partial charge on any atom is 0.311 e. The van der Waals surface area contributed by atoms with Gasteiger partial charge in [0.15, 0.2) is 5.75 Å². The summed E-state index contributed by atoms with van der Waals surface area (Å²) in [4.78, 5) is 10.6. The Morgan fingerprint density at radius 1 is 1.52 bits per heavy atom. The van der Waals surface area contributed by atoms with Crippen LogP contribution in [0, 0.1) is 16.0 Å². The van der Waals surface area contributed by atoms with Crippen LogP contribution >= 0.6 is 0 Å². The van der Waals surface area contributed by atoms with Crippen molar-refractivity contribution in [1.29, 1.82) is 0 Å². The van der Waals surface area contributed by atoms with Gasteiger partial charge in [-0.1, -0.05) is 0 Å². The van der Waals surface area contributed by atoms with Crippen LogP contribution in [0.5, 0.6) is 5.75 Å². The number of rotatable bonds is 7. The van der Waals surface area contributed by atoms with Crippen molar-refractivity contribution in [1.82, 2.24) is 0 Å². The minimum absolute atomic E-state index is 0.00144. The molecule has 1 atom stereocenters. The molecule has 0 radical (unpaired) electrons. The summed E-state index contributed by atoms with van der Waals surface area (Å²) < 4.78 is 10.9. The van der Waals surface area contributed by atoms with E-state index in [2.05, 4.69) is 5.32 Å². The van der Waals surface area contributed by atoms with Crippen molar-refractivity contribution in [2.45, 2.75) is 32.8 Å². The molecule has 1 heterocycles. The molecule has 6 heteroatoms. The number of hydrogen-bond acceptors (Lipinski definition) is 5. The Kier molecular flexibility index (Phi) is 5.38. The van der Waals surface area contributed by atoms with Crippen molar-refractivity contribution in [2.24, 2.45) is 5.92 Å². The first-order valence-electron chi connectivity index (χ1n) is 7.33. The minimum atomic E-state index is -0.419. The topological polar surface area (TPSA) is 73.6 Å². The lowest BCUT2D eigenvalue weighted by atomic mass is 10.1. The van der Waals surface area contributed by atoms with E-state index in [1.807, 2.05) is 13.8 Å². The molecule has 1 aromatic carbocycles. The molecular weight excluding hydrogens is 272 g/mol. The van der Waals surface area contributed by atoms with Gasteiger partial charge in [-0.15, -0.1) is 0 Å². The van der Waals surface area contributed by atoms with E-state index in [-0.39, 0.29) is 11.8 Å². The predicted octanol–water partition coefficient (Wildman–Crippen LogP) is 3.22. The average Bonchev–Trinajstić information content (AvgIpc) is 2.91. The second-order valence-electron chi connectivity index (χ2n) is 5.55. The van der Waals surface area contributed by atoms with Gasteiger partial charge < -0.3 is 14.8 Å². The number of ether oxygens (including phenoxy) is 2. The van der Waals surface area contributed by atoms with E-state index in [4.69, 9.17) is 9.47 Å². The van der Waals surface area contributed by atoms with Gasteiger partial charge in [0.05, 0.1) is 11.0 Å². The molecule has 0 saturated carbocycles. The van der Waals surface area contributed by atoms with Gasteiger partial charge in [0.2, 0.25) is 0 Å². The highest BCUT2D eigenvalue weighted by atomic mass is 16.6. The highest BCUT2D eigenvalue weighted by molar-refractivity contribution is 5.58. The summed E-state index contributed by atoms with van der Waals surface area (Å²) in [6.07, 6.45) is 2.05. The van der Waals surface area contributed by atoms with Gasteiger partial charge in [-0.2, -0.15) is 0 Å². The van der Waals surface area contributed by atoms with Gasteiger partial charge in [0, 0.05) is 37.6 Å². The first-order chi connectivity index (χ1) is 10.1. The molecule has 1 aliphatic heterocycles. The van der Waals surface area contributed by atoms with Gasteiger partial charge in [0.1, 0.15) is 0 Å². The summed E-state index contributed by atoms with van der Waals surface area (Å²) in [5.41, 5.74) is 0.841. The molecule has 0 aromatic heterocycles. The van der Waals surface area contributed by atoms with Crippen LogP contribution in [0.2, 0.25) is 0 Å². The summed E-state index contributed by atoms with van der Waals surface area (Å²) >= 11 is 0. The zero-order chi connectivity index (χ0) is 15.2. The van der Waals surface area contributed by atoms with Crippen molar-refractivity contribution in [3.8, 4) is 5.75 Å². The number of nitrogens with one attached hydrogen (secondary N) is 1. The fourth-order valence-corrected chi connectivity index (χ4v) is 2.35. The Morgan fingerprint density at radius 2 is 2.33 bits per heavy atom. The Labute approximate surface area is 124 Å². The Balaban J connectivity index is 1.97. The normalized spacial score (nSPS) is 18.0. The number of nitro benzene ring substituents is 1. The zero-order valence-electron chi connectivity index (χ0n) is 12.5. The number of nitrogens with zero attached hydrogens (tertiary/aromatic N) is 1. The van der Waals surface area contributed by atoms with Gasteiger partial charge in [-0.3, -0.25) is 10.1 Å². The van der Waals surface area contributed by atoms with Crippen LogP contribution in [0.15, 0.2) is 18.2 Å². The van der Waals surface area contributed by atoms with Gasteiger partial charge in [-0.05, 0) is 38.7 Å². The maximum atomic E-state index is 11.0. The van der Waals surface area contributed by atoms with E-state index in [0.29, 0.717) is 11.7 Å². The summed E-state index contributed by atoms with van der Waals surface area (Å²) in [6, 6.07) is 4.90. The van der Waals surface area contributed by atoms with Crippen molar-refractivity contribution >= 4 is 11.4 Å². The number of benzene rings is 1. The van der Waals surface area contributed by atoms with E-state index in [1.54, 1.807) is 12.1 Å². The third-order valence-corrected chi connectivity index (χ3v) is 3.42. The molecular formula is C15H22N2O4. The molecule has 1 N–H and O–H groups in total. The highest BCUT2D eigenvalue weighted by Crippen LogP contribution is 2.31. The molecule has 0 spiro atoms. The monoisotopic (exact) mass is 294 g/mol. The van der Waals surface area contributed by atoms with Crippen LogP contribution in [0.3, 0.4) is 0 Å². The lowest BCUT2D eigenvalue weighted by Gasteiger charge is -2.13. The smallest absolute Gasteiger partial charge is 0.311 e. The lowest BCUT2D eigenvalue weighted by molar-refractivity contribution is -0.386. The minimum Gasteiger partial charge on any atom is -0.484 e. The Morgan fingerprint density at radius 3 is 2.95 bits per heavy atom. The van der Waals surface area contributed by atoms with Gasteiger partial charge in [0.25, 0.3) is 0 Å². The van der Waals surface area contributed by atoms with Crippen LogP contribution in [0.25, 0.3) is 0 Å². The van der Waals surface area contributed by atoms with Gasteiger partial charge in [-0.25, -0.2) is 0 Å². The molecule has 0 aliphatic carbocycles. The largest absolute Gasteiger partial charge is 0.484 e. The second kappa shape index (κ2) is 7.26. The summed E-state index contributed by atoms with van der Waals surface area (Å²) in [5, 5.41) is 14.3. The molecule has 1 fully saturated rings. The van der Waals surface area contributed by atoms with Crippen LogP contribution in [-0.2, 0) is 4.74 Å². The zero-order valence-corrected chi connectivity index (χ0v) is 12.5. The molecule has 116 valence electrons. The van der Waals surface area contributed by atoms with Crippen molar-refractivity contribution < 1.29 is 14.4 Å². The number of hydrogen-bond donors (Lipinski definition) is 1. The quantitative estimate of drug-likeness (QED) is 0.617. The SMILES string of the molecule is CC(C)Oc1cc(NCCC2CCOC2)ccc1[N+](=O)[O-]. The summed E-state index contributed by atoms with van der Waals surface area (Å²) in [5.74, 6) is 0.922. The molecule has 1 aliphatic rings. The molecule has 2 rings (SSSR count). The van der Waals surface area contributed by atoms with E-state index in [9.17, 15) is 10.1 Å². The first kappa shape index (κ1) is 15.6. The van der Waals surface area contributed by atoms with E-state index in [1.165, 1.54) is 6.07 Å².